The fraction of sp³-hybridized carbons (Fsp3) is 0.0476. The molecule has 0 spiro atoms. The molecule has 0 aliphatic carbocycles. The van der Waals surface area contributed by atoms with Crippen LogP contribution in [0, 0.1) is 0 Å². The lowest BCUT2D eigenvalue weighted by atomic mass is 10.2. The van der Waals surface area contributed by atoms with Gasteiger partial charge in [0.25, 0.3) is 10.0 Å². The minimum atomic E-state index is -3.91. The molecule has 156 valence electrons. The fourth-order valence-electron chi connectivity index (χ4n) is 3.35. The summed E-state index contributed by atoms with van der Waals surface area (Å²) in [7, 11) is -2.35. The quantitative estimate of drug-likeness (QED) is 0.424. The maximum atomic E-state index is 12.9. The molecule has 5 aromatic rings. The molecule has 0 atom stereocenters. The third kappa shape index (κ3) is 3.37. The van der Waals surface area contributed by atoms with E-state index in [9.17, 15) is 13.2 Å². The predicted molar refractivity (Wildman–Crippen MR) is 119 cm³/mol. The first-order chi connectivity index (χ1) is 14.8. The largest absolute Gasteiger partial charge is 0.419 e. The number of aromatic amines is 1. The number of anilines is 1. The Kier molecular flexibility index (Phi) is 4.38. The summed E-state index contributed by atoms with van der Waals surface area (Å²) in [5.41, 5.74) is 3.14. The van der Waals surface area contributed by atoms with Crippen molar-refractivity contribution in [3.63, 3.8) is 0 Å². The second kappa shape index (κ2) is 7.00. The van der Waals surface area contributed by atoms with Crippen LogP contribution in [0.15, 0.2) is 74.8 Å². The van der Waals surface area contributed by atoms with Gasteiger partial charge in [0.1, 0.15) is 5.82 Å². The van der Waals surface area contributed by atoms with Crippen molar-refractivity contribution < 1.29 is 12.8 Å². The molecule has 2 aromatic heterocycles. The van der Waals surface area contributed by atoms with Gasteiger partial charge >= 0.3 is 5.76 Å². The zero-order chi connectivity index (χ0) is 21.8. The van der Waals surface area contributed by atoms with Gasteiger partial charge in [-0.1, -0.05) is 23.7 Å². The number of aromatic nitrogens is 3. The maximum absolute atomic E-state index is 12.9. The standard InChI is InChI=1S/C21H15ClN4O4S/c1-26-18-9-7-13(11-19(18)30-21(26)27)31(28,29)25-12-6-8-16-17(10-12)24-20(23-16)14-4-2-3-5-15(14)22/h2-11,25H,1H3,(H,23,24). The summed E-state index contributed by atoms with van der Waals surface area (Å²) in [5, 5.41) is 0.561. The number of hydrogen-bond acceptors (Lipinski definition) is 5. The van der Waals surface area contributed by atoms with Crippen LogP contribution in [0.3, 0.4) is 0 Å². The first-order valence-corrected chi connectivity index (χ1v) is 11.0. The Labute approximate surface area is 181 Å². The Bertz CT molecular complexity index is 1630. The smallest absolute Gasteiger partial charge is 0.408 e. The number of benzene rings is 3. The second-order valence-electron chi connectivity index (χ2n) is 6.96. The average Bonchev–Trinajstić information content (AvgIpc) is 3.28. The molecule has 0 aliphatic rings. The summed E-state index contributed by atoms with van der Waals surface area (Å²) in [6, 6.07) is 16.6. The van der Waals surface area contributed by atoms with E-state index in [0.717, 1.165) is 5.56 Å². The van der Waals surface area contributed by atoms with Crippen molar-refractivity contribution in [1.29, 1.82) is 0 Å². The molecule has 0 radical (unpaired) electrons. The molecule has 0 bridgehead atoms. The molecule has 5 rings (SSSR count). The number of aryl methyl sites for hydroxylation is 1. The van der Waals surface area contributed by atoms with Crippen LogP contribution in [0.5, 0.6) is 0 Å². The summed E-state index contributed by atoms with van der Waals surface area (Å²) in [5.74, 6) is 0.0293. The highest BCUT2D eigenvalue weighted by Gasteiger charge is 2.18. The van der Waals surface area contributed by atoms with Gasteiger partial charge < -0.3 is 9.40 Å². The highest BCUT2D eigenvalue weighted by Crippen LogP contribution is 2.29. The molecule has 8 nitrogen and oxygen atoms in total. The van der Waals surface area contributed by atoms with Gasteiger partial charge in [-0.05, 0) is 42.5 Å². The van der Waals surface area contributed by atoms with E-state index in [1.807, 2.05) is 18.2 Å². The zero-order valence-corrected chi connectivity index (χ0v) is 17.7. The first-order valence-electron chi connectivity index (χ1n) is 9.19. The van der Waals surface area contributed by atoms with Crippen LogP contribution in [0.1, 0.15) is 0 Å². The Balaban J connectivity index is 1.49. The van der Waals surface area contributed by atoms with E-state index in [1.165, 1.54) is 22.8 Å². The topological polar surface area (TPSA) is 110 Å². The highest BCUT2D eigenvalue weighted by atomic mass is 35.5. The Hall–Kier alpha value is -3.56. The normalized spacial score (nSPS) is 11.9. The van der Waals surface area contributed by atoms with Gasteiger partial charge in [-0.3, -0.25) is 9.29 Å². The third-order valence-electron chi connectivity index (χ3n) is 4.94. The zero-order valence-electron chi connectivity index (χ0n) is 16.1. The monoisotopic (exact) mass is 454 g/mol. The number of H-pyrrole nitrogens is 1. The van der Waals surface area contributed by atoms with Crippen molar-refractivity contribution in [3.8, 4) is 11.4 Å². The summed E-state index contributed by atoms with van der Waals surface area (Å²) in [4.78, 5) is 19.3. The van der Waals surface area contributed by atoms with Gasteiger partial charge in [-0.25, -0.2) is 18.2 Å². The summed E-state index contributed by atoms with van der Waals surface area (Å²) >= 11 is 6.24. The van der Waals surface area contributed by atoms with Gasteiger partial charge in [0.15, 0.2) is 5.58 Å². The third-order valence-corrected chi connectivity index (χ3v) is 6.65. The van der Waals surface area contributed by atoms with Gasteiger partial charge in [0, 0.05) is 18.7 Å². The lowest BCUT2D eigenvalue weighted by Crippen LogP contribution is -2.12. The number of halogens is 1. The number of sulfonamides is 1. The maximum Gasteiger partial charge on any atom is 0.419 e. The van der Waals surface area contributed by atoms with Crippen LogP contribution in [-0.2, 0) is 17.1 Å². The second-order valence-corrected chi connectivity index (χ2v) is 9.05. The van der Waals surface area contributed by atoms with Gasteiger partial charge in [-0.2, -0.15) is 0 Å². The van der Waals surface area contributed by atoms with Crippen LogP contribution in [0.4, 0.5) is 5.69 Å². The Morgan fingerprint density at radius 1 is 1.10 bits per heavy atom. The van der Waals surface area contributed by atoms with E-state index < -0.39 is 15.8 Å². The molecule has 0 fully saturated rings. The molecule has 2 N–H and O–H groups in total. The first kappa shape index (κ1) is 19.4. The van der Waals surface area contributed by atoms with Crippen molar-refractivity contribution in [2.45, 2.75) is 4.90 Å². The fourth-order valence-corrected chi connectivity index (χ4v) is 4.64. The van der Waals surface area contributed by atoms with Crippen molar-refractivity contribution in [2.75, 3.05) is 4.72 Å². The number of imidazole rings is 1. The Morgan fingerprint density at radius 2 is 1.90 bits per heavy atom. The van der Waals surface area contributed by atoms with Crippen LogP contribution in [0.25, 0.3) is 33.5 Å². The van der Waals surface area contributed by atoms with Crippen LogP contribution < -0.4 is 10.5 Å². The summed E-state index contributed by atoms with van der Waals surface area (Å²) in [6.45, 7) is 0. The molecule has 2 heterocycles. The van der Waals surface area contributed by atoms with Crippen LogP contribution in [-0.4, -0.2) is 23.0 Å². The molecular weight excluding hydrogens is 440 g/mol. The number of hydrogen-bond donors (Lipinski definition) is 2. The molecule has 31 heavy (non-hydrogen) atoms. The average molecular weight is 455 g/mol. The van der Waals surface area contributed by atoms with Crippen molar-refractivity contribution >= 4 is 49.4 Å². The van der Waals surface area contributed by atoms with Crippen LogP contribution in [0.2, 0.25) is 5.02 Å². The molecule has 0 saturated heterocycles. The molecule has 0 aliphatic heterocycles. The van der Waals surface area contributed by atoms with Crippen molar-refractivity contribution in [1.82, 2.24) is 14.5 Å². The molecule has 10 heteroatoms. The molecule has 0 saturated carbocycles. The van der Waals surface area contributed by atoms with Gasteiger partial charge in [0.05, 0.1) is 32.2 Å². The van der Waals surface area contributed by atoms with E-state index in [-0.39, 0.29) is 10.5 Å². The van der Waals surface area contributed by atoms with Crippen molar-refractivity contribution in [2.24, 2.45) is 7.05 Å². The van der Waals surface area contributed by atoms with E-state index in [0.29, 0.717) is 33.1 Å². The predicted octanol–water partition coefficient (Wildman–Crippen LogP) is 4.13. The van der Waals surface area contributed by atoms with Crippen molar-refractivity contribution in [3.05, 3.63) is 76.2 Å². The molecule has 0 amide bonds. The summed E-state index contributed by atoms with van der Waals surface area (Å²) < 4.78 is 34.7. The number of fused-ring (bicyclic) bond motifs is 2. The number of rotatable bonds is 4. The Morgan fingerprint density at radius 3 is 2.71 bits per heavy atom. The molecule has 3 aromatic carbocycles. The molecular formula is C21H15ClN4O4S. The van der Waals surface area contributed by atoms with Gasteiger partial charge in [0.2, 0.25) is 0 Å². The number of nitrogens with zero attached hydrogens (tertiary/aromatic N) is 2. The lowest BCUT2D eigenvalue weighted by molar-refractivity contribution is 0.527. The minimum Gasteiger partial charge on any atom is -0.408 e. The SMILES string of the molecule is Cn1c(=O)oc2cc(S(=O)(=O)Nc3ccc4nc(-c5ccccc5Cl)[nH]c4c3)ccc21. The van der Waals surface area contributed by atoms with Crippen LogP contribution >= 0.6 is 11.6 Å². The number of nitrogens with one attached hydrogen (secondary N) is 2. The van der Waals surface area contributed by atoms with E-state index in [1.54, 1.807) is 31.3 Å². The highest BCUT2D eigenvalue weighted by molar-refractivity contribution is 7.92. The van der Waals surface area contributed by atoms with E-state index in [4.69, 9.17) is 16.0 Å². The minimum absolute atomic E-state index is 0.0178. The number of oxazole rings is 1. The summed E-state index contributed by atoms with van der Waals surface area (Å²) in [6.07, 6.45) is 0. The van der Waals surface area contributed by atoms with E-state index >= 15 is 0 Å². The lowest BCUT2D eigenvalue weighted by Gasteiger charge is -2.08. The van der Waals surface area contributed by atoms with Gasteiger partial charge in [-0.15, -0.1) is 0 Å². The van der Waals surface area contributed by atoms with E-state index in [2.05, 4.69) is 14.7 Å². The molecule has 0 unspecified atom stereocenters.